The first kappa shape index (κ1) is 15.5. The molecule has 0 bridgehead atoms. The van der Waals surface area contributed by atoms with Crippen molar-refractivity contribution < 1.29 is 9.90 Å². The largest absolute Gasteiger partial charge is 0.396 e. The predicted molar refractivity (Wildman–Crippen MR) is 83.0 cm³/mol. The monoisotopic (exact) mass is 295 g/mol. The Morgan fingerprint density at radius 3 is 2.95 bits per heavy atom. The van der Waals surface area contributed by atoms with Crippen molar-refractivity contribution in [3.05, 3.63) is 21.9 Å². The lowest BCUT2D eigenvalue weighted by atomic mass is 9.85. The van der Waals surface area contributed by atoms with Gasteiger partial charge >= 0.3 is 0 Å². The molecule has 1 aromatic heterocycles. The van der Waals surface area contributed by atoms with Crippen LogP contribution in [-0.2, 0) is 11.2 Å². The molecule has 0 radical (unpaired) electrons. The smallest absolute Gasteiger partial charge is 0.220 e. The summed E-state index contributed by atoms with van der Waals surface area (Å²) in [4.78, 5) is 13.4. The zero-order valence-corrected chi connectivity index (χ0v) is 13.0. The van der Waals surface area contributed by atoms with Crippen LogP contribution in [-0.4, -0.2) is 23.7 Å². The molecule has 20 heavy (non-hydrogen) atoms. The van der Waals surface area contributed by atoms with Gasteiger partial charge in [-0.25, -0.2) is 0 Å². The van der Waals surface area contributed by atoms with Gasteiger partial charge in [-0.1, -0.05) is 12.8 Å². The van der Waals surface area contributed by atoms with E-state index in [0.717, 1.165) is 32.1 Å². The van der Waals surface area contributed by atoms with E-state index in [1.165, 1.54) is 16.9 Å². The minimum atomic E-state index is 0.143. The molecule has 1 aliphatic carbocycles. The Balaban J connectivity index is 1.71. The van der Waals surface area contributed by atoms with E-state index in [2.05, 4.69) is 23.7 Å². The van der Waals surface area contributed by atoms with Crippen molar-refractivity contribution in [1.82, 2.24) is 5.32 Å². The van der Waals surface area contributed by atoms with Crippen LogP contribution in [0, 0.1) is 12.8 Å². The van der Waals surface area contributed by atoms with Crippen LogP contribution in [0.25, 0.3) is 0 Å². The number of aliphatic hydroxyl groups is 1. The molecule has 2 N–H and O–H groups in total. The number of aryl methyl sites for hydroxylation is 2. The van der Waals surface area contributed by atoms with Crippen LogP contribution < -0.4 is 5.32 Å². The quantitative estimate of drug-likeness (QED) is 0.847. The topological polar surface area (TPSA) is 49.3 Å². The molecule has 2 unspecified atom stereocenters. The fourth-order valence-electron chi connectivity index (χ4n) is 2.96. The number of aliphatic hydroxyl groups excluding tert-OH is 1. The van der Waals surface area contributed by atoms with E-state index in [4.69, 9.17) is 0 Å². The normalized spacial score (nSPS) is 22.7. The Bertz CT molecular complexity index is 430. The average Bonchev–Trinajstić information content (AvgIpc) is 2.85. The lowest BCUT2D eigenvalue weighted by Gasteiger charge is -2.30. The summed E-state index contributed by atoms with van der Waals surface area (Å²) in [5.41, 5.74) is 1.34. The molecular formula is C16H25NO2S. The number of nitrogens with one attached hydrogen (secondary N) is 1. The zero-order chi connectivity index (χ0) is 14.4. The Labute approximate surface area is 125 Å². The first-order valence-corrected chi connectivity index (χ1v) is 8.52. The molecule has 3 nitrogen and oxygen atoms in total. The van der Waals surface area contributed by atoms with Crippen LogP contribution in [0.5, 0.6) is 0 Å². The summed E-state index contributed by atoms with van der Waals surface area (Å²) in [6.45, 7) is 2.32. The van der Waals surface area contributed by atoms with Crippen molar-refractivity contribution in [2.45, 2.75) is 57.9 Å². The van der Waals surface area contributed by atoms with E-state index in [1.807, 2.05) is 0 Å². The molecule has 2 rings (SSSR count). The molecule has 0 saturated heterocycles. The zero-order valence-electron chi connectivity index (χ0n) is 12.2. The number of amides is 1. The Hall–Kier alpha value is -0.870. The van der Waals surface area contributed by atoms with Crippen molar-refractivity contribution in [2.75, 3.05) is 6.61 Å². The minimum absolute atomic E-state index is 0.143. The van der Waals surface area contributed by atoms with Gasteiger partial charge in [0.1, 0.15) is 0 Å². The second-order valence-electron chi connectivity index (χ2n) is 5.78. The maximum Gasteiger partial charge on any atom is 0.220 e. The Morgan fingerprint density at radius 1 is 1.45 bits per heavy atom. The van der Waals surface area contributed by atoms with Crippen LogP contribution >= 0.6 is 11.3 Å². The lowest BCUT2D eigenvalue weighted by Crippen LogP contribution is -2.43. The second kappa shape index (κ2) is 7.79. The van der Waals surface area contributed by atoms with Gasteiger partial charge in [-0.3, -0.25) is 4.79 Å². The number of carbonyl (C=O) groups excluding carboxylic acids is 1. The summed E-state index contributed by atoms with van der Waals surface area (Å²) >= 11 is 1.78. The standard InChI is InChI=1S/C16H25NO2S/c1-12-9-10-20-15(12)7-4-8-16(19)17-14-6-3-2-5-13(14)11-18/h9-10,13-14,18H,2-8,11H2,1H3,(H,17,19). The van der Waals surface area contributed by atoms with Gasteiger partial charge in [0.05, 0.1) is 0 Å². The summed E-state index contributed by atoms with van der Waals surface area (Å²) in [6, 6.07) is 2.32. The summed E-state index contributed by atoms with van der Waals surface area (Å²) in [5, 5.41) is 14.6. The molecule has 1 fully saturated rings. The lowest BCUT2D eigenvalue weighted by molar-refractivity contribution is -0.122. The first-order chi connectivity index (χ1) is 9.70. The molecule has 112 valence electrons. The van der Waals surface area contributed by atoms with E-state index in [1.54, 1.807) is 11.3 Å². The van der Waals surface area contributed by atoms with Crippen LogP contribution in [0.2, 0.25) is 0 Å². The molecule has 1 amide bonds. The molecule has 0 spiro atoms. The predicted octanol–water partition coefficient (Wildman–Crippen LogP) is 3.05. The van der Waals surface area contributed by atoms with Crippen LogP contribution in [0.1, 0.15) is 49.0 Å². The number of rotatable bonds is 6. The first-order valence-electron chi connectivity index (χ1n) is 7.64. The number of hydrogen-bond donors (Lipinski definition) is 2. The molecule has 1 aromatic rings. The van der Waals surface area contributed by atoms with Crippen molar-refractivity contribution in [3.8, 4) is 0 Å². The Morgan fingerprint density at radius 2 is 2.25 bits per heavy atom. The number of hydrogen-bond acceptors (Lipinski definition) is 3. The summed E-state index contributed by atoms with van der Waals surface area (Å²) in [7, 11) is 0. The van der Waals surface area contributed by atoms with Crippen molar-refractivity contribution in [1.29, 1.82) is 0 Å². The van der Waals surface area contributed by atoms with Gasteiger partial charge in [0, 0.05) is 29.9 Å². The highest BCUT2D eigenvalue weighted by molar-refractivity contribution is 7.10. The van der Waals surface area contributed by atoms with Gasteiger partial charge in [0.25, 0.3) is 0 Å². The van der Waals surface area contributed by atoms with Crippen LogP contribution in [0.3, 0.4) is 0 Å². The van der Waals surface area contributed by atoms with Gasteiger partial charge in [0.15, 0.2) is 0 Å². The number of carbonyl (C=O) groups is 1. The average molecular weight is 295 g/mol. The molecule has 2 atom stereocenters. The van der Waals surface area contributed by atoms with Gasteiger partial charge in [0.2, 0.25) is 5.91 Å². The molecule has 4 heteroatoms. The summed E-state index contributed by atoms with van der Waals surface area (Å²) in [5.74, 6) is 0.400. The highest BCUT2D eigenvalue weighted by atomic mass is 32.1. The summed E-state index contributed by atoms with van der Waals surface area (Å²) in [6.07, 6.45) is 6.88. The highest BCUT2D eigenvalue weighted by Crippen LogP contribution is 2.24. The van der Waals surface area contributed by atoms with Gasteiger partial charge in [-0.15, -0.1) is 11.3 Å². The molecule has 0 aromatic carbocycles. The molecule has 1 saturated carbocycles. The fourth-order valence-corrected chi connectivity index (χ4v) is 3.92. The van der Waals surface area contributed by atoms with E-state index >= 15 is 0 Å². The van der Waals surface area contributed by atoms with E-state index in [9.17, 15) is 9.90 Å². The van der Waals surface area contributed by atoms with Crippen molar-refractivity contribution in [3.63, 3.8) is 0 Å². The third-order valence-corrected chi connectivity index (χ3v) is 5.35. The third-order valence-electron chi connectivity index (χ3n) is 4.27. The molecule has 1 aliphatic rings. The summed E-state index contributed by atoms with van der Waals surface area (Å²) < 4.78 is 0. The number of thiophene rings is 1. The van der Waals surface area contributed by atoms with E-state index < -0.39 is 0 Å². The fraction of sp³-hybridized carbons (Fsp3) is 0.688. The maximum absolute atomic E-state index is 12.0. The SMILES string of the molecule is Cc1ccsc1CCCC(=O)NC1CCCCC1CO. The van der Waals surface area contributed by atoms with Gasteiger partial charge in [-0.2, -0.15) is 0 Å². The molecule has 1 heterocycles. The van der Waals surface area contributed by atoms with Crippen molar-refractivity contribution >= 4 is 17.2 Å². The maximum atomic E-state index is 12.0. The molecular weight excluding hydrogens is 270 g/mol. The minimum Gasteiger partial charge on any atom is -0.396 e. The van der Waals surface area contributed by atoms with Crippen LogP contribution in [0.4, 0.5) is 0 Å². The highest BCUT2D eigenvalue weighted by Gasteiger charge is 2.25. The van der Waals surface area contributed by atoms with Crippen molar-refractivity contribution in [2.24, 2.45) is 5.92 Å². The van der Waals surface area contributed by atoms with Gasteiger partial charge in [-0.05, 0) is 49.6 Å². The van der Waals surface area contributed by atoms with E-state index in [0.29, 0.717) is 6.42 Å². The second-order valence-corrected chi connectivity index (χ2v) is 6.78. The van der Waals surface area contributed by atoms with Crippen LogP contribution in [0.15, 0.2) is 11.4 Å². The third kappa shape index (κ3) is 4.32. The van der Waals surface area contributed by atoms with Gasteiger partial charge < -0.3 is 10.4 Å². The molecule has 0 aliphatic heterocycles. The van der Waals surface area contributed by atoms with E-state index in [-0.39, 0.29) is 24.5 Å². The Kier molecular flexibility index (Phi) is 6.05.